The summed E-state index contributed by atoms with van der Waals surface area (Å²) in [6, 6.07) is 22.4. The largest absolute Gasteiger partial charge is 0.289 e. The van der Waals surface area contributed by atoms with Crippen molar-refractivity contribution in [1.29, 1.82) is 0 Å². The predicted octanol–water partition coefficient (Wildman–Crippen LogP) is 8.20. The lowest BCUT2D eigenvalue weighted by atomic mass is 9.97. The van der Waals surface area contributed by atoms with Gasteiger partial charge >= 0.3 is 0 Å². The Balaban J connectivity index is 1.85. The molecule has 0 radical (unpaired) electrons. The zero-order valence-corrected chi connectivity index (χ0v) is 21.1. The van der Waals surface area contributed by atoms with E-state index in [9.17, 15) is 13.2 Å². The minimum Gasteiger partial charge on any atom is -0.289 e. The zero-order valence-electron chi connectivity index (χ0n) is 20.2. The molecule has 5 aromatic carbocycles. The van der Waals surface area contributed by atoms with Crippen LogP contribution in [0.2, 0.25) is 0 Å². The lowest BCUT2D eigenvalue weighted by Gasteiger charge is -2.40. The Hall–Kier alpha value is -3.96. The van der Waals surface area contributed by atoms with Crippen molar-refractivity contribution in [3.8, 4) is 11.1 Å². The molecule has 5 aromatic rings. The molecule has 6 rings (SSSR count). The third kappa shape index (κ3) is 3.35. The van der Waals surface area contributed by atoms with Gasteiger partial charge in [0.2, 0.25) is 13.1 Å². The van der Waals surface area contributed by atoms with E-state index < -0.39 is 42.1 Å². The highest BCUT2D eigenvalue weighted by atomic mass is 31.2. The van der Waals surface area contributed by atoms with Crippen LogP contribution in [0.5, 0.6) is 0 Å². The van der Waals surface area contributed by atoms with Gasteiger partial charge in [0.25, 0.3) is 0 Å². The van der Waals surface area contributed by atoms with Crippen molar-refractivity contribution in [2.24, 2.45) is 0 Å². The predicted molar refractivity (Wildman–Crippen MR) is 141 cm³/mol. The number of fused-ring (bicyclic) bond motifs is 4. The second kappa shape index (κ2) is 8.53. The number of hydrogen-bond acceptors (Lipinski definition) is 1. The fourth-order valence-corrected chi connectivity index (χ4v) is 8.33. The van der Waals surface area contributed by atoms with Gasteiger partial charge in [0.1, 0.15) is 5.69 Å². The third-order valence-corrected chi connectivity index (χ3v) is 9.87. The first kappa shape index (κ1) is 24.4. The average molecular weight is 535 g/mol. The number of anilines is 2. The topological polar surface area (TPSA) is 20.3 Å². The first-order chi connectivity index (χ1) is 18.1. The number of hydrogen-bond donors (Lipinski definition) is 0. The van der Waals surface area contributed by atoms with Crippen molar-refractivity contribution in [3.05, 3.63) is 119 Å². The van der Waals surface area contributed by atoms with Crippen LogP contribution in [0.25, 0.3) is 21.9 Å². The normalized spacial score (nSPS) is 16.4. The van der Waals surface area contributed by atoms with Gasteiger partial charge in [0.15, 0.2) is 23.3 Å². The first-order valence-corrected chi connectivity index (χ1v) is 13.4. The van der Waals surface area contributed by atoms with E-state index in [0.717, 1.165) is 15.6 Å². The van der Waals surface area contributed by atoms with Crippen LogP contribution < -0.4 is 15.3 Å². The molecular formula is C30H19F5NOP. The van der Waals surface area contributed by atoms with Crippen LogP contribution in [0.3, 0.4) is 0 Å². The van der Waals surface area contributed by atoms with Crippen LogP contribution in [0, 0.1) is 42.9 Å². The van der Waals surface area contributed by atoms with E-state index in [2.05, 4.69) is 0 Å². The zero-order chi connectivity index (χ0) is 26.9. The minimum atomic E-state index is -4.26. The summed E-state index contributed by atoms with van der Waals surface area (Å²) in [5.74, 6) is -10.6. The highest BCUT2D eigenvalue weighted by Gasteiger charge is 2.46. The minimum absolute atomic E-state index is 0.0769. The van der Waals surface area contributed by atoms with Crippen molar-refractivity contribution in [2.45, 2.75) is 13.8 Å². The fraction of sp³-hybridized carbons (Fsp3) is 0.0667. The molecule has 190 valence electrons. The lowest BCUT2D eigenvalue weighted by molar-refractivity contribution is 0.381. The third-order valence-electron chi connectivity index (χ3n) is 6.89. The van der Waals surface area contributed by atoms with Crippen molar-refractivity contribution in [1.82, 2.24) is 0 Å². The molecule has 0 saturated heterocycles. The van der Waals surface area contributed by atoms with E-state index in [1.165, 1.54) is 0 Å². The summed E-state index contributed by atoms with van der Waals surface area (Å²) in [6.45, 7) is 3.54. The van der Waals surface area contributed by atoms with E-state index in [0.29, 0.717) is 22.1 Å². The van der Waals surface area contributed by atoms with Crippen LogP contribution in [0.4, 0.5) is 33.3 Å². The van der Waals surface area contributed by atoms with Gasteiger partial charge in [-0.1, -0.05) is 59.7 Å². The number of halogens is 5. The molecule has 1 aliphatic rings. The van der Waals surface area contributed by atoms with Gasteiger partial charge in [-0.05, 0) is 60.5 Å². The molecule has 0 bridgehead atoms. The van der Waals surface area contributed by atoms with Gasteiger partial charge in [-0.2, -0.15) is 0 Å². The summed E-state index contributed by atoms with van der Waals surface area (Å²) in [5.41, 5.74) is 1.28. The molecule has 0 saturated carbocycles. The molecule has 0 N–H and O–H groups in total. The van der Waals surface area contributed by atoms with E-state index in [1.54, 1.807) is 74.5 Å². The van der Waals surface area contributed by atoms with Crippen LogP contribution >= 0.6 is 7.29 Å². The summed E-state index contributed by atoms with van der Waals surface area (Å²) in [6.07, 6.45) is 0. The molecule has 1 unspecified atom stereocenters. The van der Waals surface area contributed by atoms with E-state index >= 15 is 13.3 Å². The molecule has 0 spiro atoms. The van der Waals surface area contributed by atoms with Crippen molar-refractivity contribution in [2.75, 3.05) is 4.67 Å². The standard InChI is InChI=1S/C30H19F5NOP/c1-16-6-5-9-20(12-16)38(37)24-13-17(2)10-11-21(24)22-14-18-7-3-4-8-19(18)15-23(22)36(38)30-28(34)26(32)25(31)27(33)29(30)35/h3-15H,1-2H3. The molecule has 0 fully saturated rings. The fourth-order valence-electron chi connectivity index (χ4n) is 5.11. The molecule has 0 aromatic heterocycles. The molecule has 1 atom stereocenters. The number of rotatable bonds is 2. The number of benzene rings is 5. The van der Waals surface area contributed by atoms with Crippen molar-refractivity contribution >= 4 is 40.0 Å². The lowest BCUT2D eigenvalue weighted by Crippen LogP contribution is -2.35. The molecule has 38 heavy (non-hydrogen) atoms. The van der Waals surface area contributed by atoms with Crippen LogP contribution in [0.15, 0.2) is 78.9 Å². The first-order valence-electron chi connectivity index (χ1n) is 11.8. The maximum atomic E-state index is 15.5. The molecule has 0 aliphatic carbocycles. The van der Waals surface area contributed by atoms with E-state index in [4.69, 9.17) is 0 Å². The Bertz CT molecular complexity index is 1820. The molecule has 8 heteroatoms. The van der Waals surface area contributed by atoms with Gasteiger partial charge < -0.3 is 0 Å². The molecule has 2 nitrogen and oxygen atoms in total. The average Bonchev–Trinajstić information content (AvgIpc) is 2.91. The van der Waals surface area contributed by atoms with Crippen LogP contribution in [-0.2, 0) is 4.57 Å². The Labute approximate surface area is 215 Å². The van der Waals surface area contributed by atoms with Crippen molar-refractivity contribution in [3.63, 3.8) is 0 Å². The van der Waals surface area contributed by atoms with Gasteiger partial charge in [0, 0.05) is 16.2 Å². The van der Waals surface area contributed by atoms with Crippen LogP contribution in [0.1, 0.15) is 11.1 Å². The van der Waals surface area contributed by atoms with Gasteiger partial charge in [-0.25, -0.2) is 22.0 Å². The Morgan fingerprint density at radius 3 is 1.87 bits per heavy atom. The summed E-state index contributed by atoms with van der Waals surface area (Å²) < 4.78 is 90.6. The van der Waals surface area contributed by atoms with Crippen LogP contribution in [-0.4, -0.2) is 0 Å². The van der Waals surface area contributed by atoms with Gasteiger partial charge in [-0.15, -0.1) is 0 Å². The Morgan fingerprint density at radius 1 is 0.605 bits per heavy atom. The van der Waals surface area contributed by atoms with E-state index in [-0.39, 0.29) is 16.3 Å². The Kier molecular flexibility index (Phi) is 5.48. The maximum absolute atomic E-state index is 15.5. The number of aryl methyl sites for hydroxylation is 2. The molecule has 1 heterocycles. The SMILES string of the molecule is Cc1cccc(P2(=O)c3cc(C)ccc3-c3cc4ccccc4cc3N2c2c(F)c(F)c(F)c(F)c2F)c1. The smallest absolute Gasteiger partial charge is 0.234 e. The highest BCUT2D eigenvalue weighted by molar-refractivity contribution is 7.80. The van der Waals surface area contributed by atoms with Crippen molar-refractivity contribution < 1.29 is 26.5 Å². The molecule has 0 amide bonds. The van der Waals surface area contributed by atoms with E-state index in [1.807, 2.05) is 18.2 Å². The summed E-state index contributed by atoms with van der Waals surface area (Å²) in [7, 11) is -4.26. The quantitative estimate of drug-likeness (QED) is 0.0983. The monoisotopic (exact) mass is 535 g/mol. The summed E-state index contributed by atoms with van der Waals surface area (Å²) >= 11 is 0. The maximum Gasteiger partial charge on any atom is 0.234 e. The van der Waals surface area contributed by atoms with Gasteiger partial charge in [-0.3, -0.25) is 9.24 Å². The molecule has 1 aliphatic heterocycles. The highest BCUT2D eigenvalue weighted by Crippen LogP contribution is 2.62. The summed E-state index contributed by atoms with van der Waals surface area (Å²) in [4.78, 5) is 0. The number of nitrogens with zero attached hydrogens (tertiary/aromatic N) is 1. The molecular weight excluding hydrogens is 516 g/mol. The Morgan fingerprint density at radius 2 is 1.21 bits per heavy atom. The van der Waals surface area contributed by atoms with Gasteiger partial charge in [0.05, 0.1) is 5.69 Å². The second-order valence-electron chi connectivity index (χ2n) is 9.38. The second-order valence-corrected chi connectivity index (χ2v) is 11.9. The summed E-state index contributed by atoms with van der Waals surface area (Å²) in [5, 5.41) is 1.89.